The van der Waals surface area contributed by atoms with E-state index in [1.165, 1.54) is 70.1 Å². The van der Waals surface area contributed by atoms with E-state index in [4.69, 9.17) is 0 Å². The van der Waals surface area contributed by atoms with Crippen LogP contribution in [0.1, 0.15) is 65.9 Å². The highest BCUT2D eigenvalue weighted by Gasteiger charge is 2.36. The van der Waals surface area contributed by atoms with E-state index in [2.05, 4.69) is 34.7 Å². The molecule has 0 aliphatic carbocycles. The van der Waals surface area contributed by atoms with E-state index in [1.807, 2.05) is 34.6 Å². The fraction of sp³-hybridized carbons (Fsp3) is 0.440. The van der Waals surface area contributed by atoms with Crippen molar-refractivity contribution in [1.29, 1.82) is 0 Å². The van der Waals surface area contributed by atoms with Crippen molar-refractivity contribution in [3.8, 4) is 9.75 Å². The predicted molar refractivity (Wildman–Crippen MR) is 151 cm³/mol. The summed E-state index contributed by atoms with van der Waals surface area (Å²) in [4.78, 5) is 36.8. The number of alkyl halides is 1. The minimum absolute atomic E-state index is 0.146. The molecule has 9 heteroatoms. The van der Waals surface area contributed by atoms with Crippen LogP contribution in [-0.2, 0) is 13.1 Å². The van der Waals surface area contributed by atoms with Gasteiger partial charge in [-0.2, -0.15) is 0 Å². The Labute approximate surface area is 223 Å². The fourth-order valence-corrected chi connectivity index (χ4v) is 11.1. The summed E-state index contributed by atoms with van der Waals surface area (Å²) in [6, 6.07) is 0. The molecule has 0 atom stereocenters. The first kappa shape index (κ1) is 23.2. The number of unbranched alkanes of at least 4 members (excludes halogenated alkanes) is 3. The van der Waals surface area contributed by atoms with Crippen LogP contribution in [-0.4, -0.2) is 40.5 Å². The largest absolute Gasteiger partial charge is 0.337 e. The van der Waals surface area contributed by atoms with Crippen molar-refractivity contribution < 1.29 is 9.59 Å². The monoisotopic (exact) mass is 592 g/mol. The maximum Gasteiger partial charge on any atom is 0.264 e. The quantitative estimate of drug-likeness (QED) is 0.161. The number of aryl methyl sites for hydroxylation is 2. The molecule has 4 nitrogen and oxygen atoms in total. The van der Waals surface area contributed by atoms with Crippen molar-refractivity contribution >= 4 is 93.3 Å². The van der Waals surface area contributed by atoms with E-state index in [0.717, 1.165) is 34.6 Å². The van der Waals surface area contributed by atoms with Gasteiger partial charge in [0.1, 0.15) is 0 Å². The summed E-state index contributed by atoms with van der Waals surface area (Å²) >= 11 is 10.5. The zero-order valence-corrected chi connectivity index (χ0v) is 24.2. The molecular formula is C25H25BrN2O2S4. The molecule has 178 valence electrons. The number of amides is 2. The Morgan fingerprint density at radius 2 is 1.41 bits per heavy atom. The van der Waals surface area contributed by atoms with Crippen molar-refractivity contribution in [1.82, 2.24) is 9.80 Å². The molecule has 2 aliphatic rings. The fourth-order valence-electron chi connectivity index (χ4n) is 5.23. The van der Waals surface area contributed by atoms with E-state index in [0.29, 0.717) is 6.54 Å². The average Bonchev–Trinajstić information content (AvgIpc) is 3.60. The molecule has 4 aromatic heterocycles. The molecule has 0 aromatic carbocycles. The molecule has 0 radical (unpaired) electrons. The van der Waals surface area contributed by atoms with Crippen LogP contribution >= 0.6 is 61.3 Å². The van der Waals surface area contributed by atoms with Gasteiger partial charge in [-0.25, -0.2) is 0 Å². The molecule has 0 unspecified atom stereocenters. The molecule has 0 N–H and O–H groups in total. The summed E-state index contributed by atoms with van der Waals surface area (Å²) in [6.45, 7) is 6.64. The normalized spacial score (nSPS) is 15.5. The van der Waals surface area contributed by atoms with E-state index in [9.17, 15) is 9.59 Å². The third kappa shape index (κ3) is 3.38. The zero-order valence-electron chi connectivity index (χ0n) is 19.4. The molecule has 6 rings (SSSR count). The van der Waals surface area contributed by atoms with Crippen molar-refractivity contribution in [2.75, 3.05) is 18.9 Å². The lowest BCUT2D eigenvalue weighted by atomic mass is 10.1. The Kier molecular flexibility index (Phi) is 5.92. The Balaban J connectivity index is 1.40. The lowest BCUT2D eigenvalue weighted by molar-refractivity contribution is 0.0777. The highest BCUT2D eigenvalue weighted by atomic mass is 79.9. The number of fused-ring (bicyclic) bond motifs is 6. The number of carbonyl (C=O) groups excluding carboxylic acids is 2. The van der Waals surface area contributed by atoms with Crippen LogP contribution in [0.15, 0.2) is 0 Å². The van der Waals surface area contributed by atoms with Gasteiger partial charge in [-0.3, -0.25) is 9.59 Å². The second-order valence-corrected chi connectivity index (χ2v) is 14.5. The Morgan fingerprint density at radius 3 is 2.21 bits per heavy atom. The summed E-state index contributed by atoms with van der Waals surface area (Å²) in [5.41, 5.74) is 2.43. The van der Waals surface area contributed by atoms with E-state index >= 15 is 0 Å². The molecule has 0 fully saturated rings. The maximum atomic E-state index is 13.2. The van der Waals surface area contributed by atoms with Gasteiger partial charge in [0.2, 0.25) is 0 Å². The highest BCUT2D eigenvalue weighted by Crippen LogP contribution is 2.54. The molecule has 34 heavy (non-hydrogen) atoms. The van der Waals surface area contributed by atoms with Crippen molar-refractivity contribution in [2.24, 2.45) is 0 Å². The lowest BCUT2D eigenvalue weighted by Gasteiger charge is -2.15. The minimum atomic E-state index is 0.146. The predicted octanol–water partition coefficient (Wildman–Crippen LogP) is 8.02. The van der Waals surface area contributed by atoms with Crippen LogP contribution in [0.5, 0.6) is 0 Å². The van der Waals surface area contributed by atoms with Gasteiger partial charge in [-0.15, -0.1) is 45.3 Å². The number of hydrogen-bond donors (Lipinski definition) is 0. The number of rotatable bonds is 7. The Morgan fingerprint density at radius 1 is 0.735 bits per heavy atom. The topological polar surface area (TPSA) is 40.6 Å². The van der Waals surface area contributed by atoms with Crippen molar-refractivity contribution in [3.63, 3.8) is 0 Å². The Bertz CT molecular complexity index is 1470. The smallest absolute Gasteiger partial charge is 0.264 e. The van der Waals surface area contributed by atoms with Crippen LogP contribution in [0.25, 0.3) is 29.9 Å². The molecule has 0 spiro atoms. The standard InChI is InChI=1S/C25H25BrN2O2S4/c1-12-16-14-10-27(3)24(29)19(14)34-21(16)23(31-12)22-17-15-11-28(9-7-5-4-6-8-26)25(30)20(15)33-18(17)13(2)32-22/h4-11H2,1-3H3. The van der Waals surface area contributed by atoms with Crippen molar-refractivity contribution in [2.45, 2.75) is 52.6 Å². The number of thiophene rings is 4. The van der Waals surface area contributed by atoms with E-state index in [-0.39, 0.29) is 11.8 Å². The SMILES string of the molecule is Cc1sc(-c2sc(C)c3c4c(sc23)C(=O)N(C)C4)c2c3c(sc12)C(=O)N(CCCCCCBr)C3. The molecule has 6 heterocycles. The second kappa shape index (κ2) is 8.69. The number of carbonyl (C=O) groups is 2. The summed E-state index contributed by atoms with van der Waals surface area (Å²) in [5, 5.41) is 3.63. The van der Waals surface area contributed by atoms with E-state index < -0.39 is 0 Å². The van der Waals surface area contributed by atoms with Crippen LogP contribution in [0.4, 0.5) is 0 Å². The number of nitrogens with zero attached hydrogens (tertiary/aromatic N) is 2. The molecule has 2 aliphatic heterocycles. The van der Waals surface area contributed by atoms with Gasteiger partial charge < -0.3 is 9.80 Å². The van der Waals surface area contributed by atoms with Crippen LogP contribution in [0.3, 0.4) is 0 Å². The Hall–Kier alpha value is -1.26. The molecule has 2 amide bonds. The first-order valence-corrected chi connectivity index (χ1v) is 16.0. The van der Waals surface area contributed by atoms with Gasteiger partial charge in [0.25, 0.3) is 11.8 Å². The first-order valence-electron chi connectivity index (χ1n) is 11.6. The molecule has 4 aromatic rings. The molecular weight excluding hydrogens is 568 g/mol. The minimum Gasteiger partial charge on any atom is -0.337 e. The number of hydrogen-bond acceptors (Lipinski definition) is 6. The summed E-state index contributed by atoms with van der Waals surface area (Å²) < 4.78 is 2.53. The van der Waals surface area contributed by atoms with Crippen LogP contribution < -0.4 is 0 Å². The first-order chi connectivity index (χ1) is 16.4. The lowest BCUT2D eigenvalue weighted by Crippen LogP contribution is -2.24. The van der Waals surface area contributed by atoms with Gasteiger partial charge in [0, 0.05) is 68.4 Å². The number of halogens is 1. The maximum absolute atomic E-state index is 13.2. The zero-order chi connectivity index (χ0) is 23.7. The van der Waals surface area contributed by atoms with Gasteiger partial charge in [-0.05, 0) is 26.7 Å². The van der Waals surface area contributed by atoms with E-state index in [1.54, 1.807) is 22.7 Å². The second-order valence-electron chi connectivity index (χ2n) is 9.19. The highest BCUT2D eigenvalue weighted by molar-refractivity contribution is 9.09. The van der Waals surface area contributed by atoms with Crippen molar-refractivity contribution in [3.05, 3.63) is 30.6 Å². The third-order valence-corrected chi connectivity index (χ3v) is 12.7. The third-order valence-electron chi connectivity index (χ3n) is 6.91. The molecule has 0 saturated carbocycles. The molecule has 0 bridgehead atoms. The van der Waals surface area contributed by atoms with Crippen LogP contribution in [0, 0.1) is 13.8 Å². The van der Waals surface area contributed by atoms with Crippen LogP contribution in [0.2, 0.25) is 0 Å². The van der Waals surface area contributed by atoms with Gasteiger partial charge in [-0.1, -0.05) is 28.8 Å². The molecule has 0 saturated heterocycles. The summed E-state index contributed by atoms with van der Waals surface area (Å²) in [5.74, 6) is 0.358. The summed E-state index contributed by atoms with van der Waals surface area (Å²) in [6.07, 6.45) is 4.65. The van der Waals surface area contributed by atoms with Gasteiger partial charge in [0.05, 0.1) is 24.2 Å². The van der Waals surface area contributed by atoms with Gasteiger partial charge in [0.15, 0.2) is 0 Å². The summed E-state index contributed by atoms with van der Waals surface area (Å²) in [7, 11) is 1.88. The average molecular weight is 594 g/mol. The van der Waals surface area contributed by atoms with Gasteiger partial charge >= 0.3 is 0 Å².